The van der Waals surface area contributed by atoms with Gasteiger partial charge in [0, 0.05) is 25.8 Å². The number of hydrogen-bond acceptors (Lipinski definition) is 6. The summed E-state index contributed by atoms with van der Waals surface area (Å²) in [5.41, 5.74) is 1.26. The van der Waals surface area contributed by atoms with Crippen molar-refractivity contribution in [3.63, 3.8) is 0 Å². The summed E-state index contributed by atoms with van der Waals surface area (Å²) in [5, 5.41) is 19.5. The molecular weight excluding hydrogens is 430 g/mol. The van der Waals surface area contributed by atoms with Gasteiger partial charge in [0.2, 0.25) is 0 Å². The first kappa shape index (κ1) is 22.5. The van der Waals surface area contributed by atoms with Gasteiger partial charge in [-0.2, -0.15) is 0 Å². The number of aromatic nitrogens is 2. The second-order valence-corrected chi connectivity index (χ2v) is 9.70. The molecule has 0 bridgehead atoms. The largest absolute Gasteiger partial charge is 0.390 e. The Morgan fingerprint density at radius 1 is 1.32 bits per heavy atom. The van der Waals surface area contributed by atoms with E-state index in [1.807, 2.05) is 18.2 Å². The van der Waals surface area contributed by atoms with E-state index in [1.54, 1.807) is 34.9 Å². The zero-order valence-electron chi connectivity index (χ0n) is 17.8. The van der Waals surface area contributed by atoms with E-state index >= 15 is 0 Å². The molecule has 31 heavy (non-hydrogen) atoms. The minimum absolute atomic E-state index is 0.148. The Bertz CT molecular complexity index is 1010. The number of nitrogens with one attached hydrogen (secondary N) is 3. The number of aliphatic hydroxyl groups is 1. The number of imidazole rings is 1. The standard InChI is InChI=1S/C20H29ClF2N6O2/c1-19(2,31)6-7-29-15-8-12(4-5-14(15)27(3)18(29)30)25-16-13(21)9-24-17(26-16)28-10-20(22,23)11-28/h4-5,8,13,16-17,24-26,31H,6-7,9-11H2,1-3H3. The lowest BCUT2D eigenvalue weighted by Gasteiger charge is -2.48. The van der Waals surface area contributed by atoms with Crippen LogP contribution in [0.5, 0.6) is 0 Å². The van der Waals surface area contributed by atoms with Crippen molar-refractivity contribution in [3.8, 4) is 0 Å². The monoisotopic (exact) mass is 458 g/mol. The summed E-state index contributed by atoms with van der Waals surface area (Å²) >= 11 is 6.46. The number of likely N-dealkylation sites (tertiary alicyclic amines) is 1. The van der Waals surface area contributed by atoms with Crippen molar-refractivity contribution >= 4 is 28.3 Å². The molecule has 0 amide bonds. The highest BCUT2D eigenvalue weighted by Crippen LogP contribution is 2.28. The van der Waals surface area contributed by atoms with Crippen molar-refractivity contribution in [1.29, 1.82) is 0 Å². The fraction of sp³-hybridized carbons (Fsp3) is 0.650. The molecule has 11 heteroatoms. The summed E-state index contributed by atoms with van der Waals surface area (Å²) in [4.78, 5) is 14.3. The first-order valence-corrected chi connectivity index (χ1v) is 10.8. The first-order chi connectivity index (χ1) is 14.4. The lowest BCUT2D eigenvalue weighted by Crippen LogP contribution is -2.73. The van der Waals surface area contributed by atoms with Crippen LogP contribution < -0.4 is 21.6 Å². The molecule has 0 radical (unpaired) electrons. The van der Waals surface area contributed by atoms with Crippen molar-refractivity contribution in [1.82, 2.24) is 24.7 Å². The second kappa shape index (κ2) is 8.00. The van der Waals surface area contributed by atoms with Gasteiger partial charge in [0.25, 0.3) is 5.92 Å². The number of halogens is 3. The Kier molecular flexibility index (Phi) is 5.80. The zero-order valence-corrected chi connectivity index (χ0v) is 18.6. The molecular formula is C20H29ClF2N6O2. The van der Waals surface area contributed by atoms with E-state index in [2.05, 4.69) is 16.0 Å². The molecule has 2 aliphatic heterocycles. The normalized spacial score (nSPS) is 26.7. The molecule has 2 fully saturated rings. The van der Waals surface area contributed by atoms with Crippen LogP contribution in [0.15, 0.2) is 23.0 Å². The van der Waals surface area contributed by atoms with E-state index in [-0.39, 0.29) is 30.3 Å². The Hall–Kier alpha value is -1.72. The SMILES string of the molecule is Cn1c(=O)n(CCC(C)(C)O)c2cc(NC3NC(N4CC(F)(F)C4)NCC3Cl)ccc21. The highest BCUT2D eigenvalue weighted by atomic mass is 35.5. The van der Waals surface area contributed by atoms with Crippen LogP contribution in [-0.4, -0.2) is 68.1 Å². The summed E-state index contributed by atoms with van der Waals surface area (Å²) in [5.74, 6) is -2.64. The number of nitrogens with zero attached hydrogens (tertiary/aromatic N) is 3. The number of benzene rings is 1. The first-order valence-electron chi connectivity index (χ1n) is 10.4. The number of alkyl halides is 3. The van der Waals surface area contributed by atoms with Gasteiger partial charge in [0.05, 0.1) is 41.3 Å². The minimum Gasteiger partial charge on any atom is -0.390 e. The third kappa shape index (κ3) is 4.73. The third-order valence-corrected chi connectivity index (χ3v) is 6.26. The zero-order chi connectivity index (χ0) is 22.6. The lowest BCUT2D eigenvalue weighted by atomic mass is 10.1. The number of anilines is 1. The van der Waals surface area contributed by atoms with Gasteiger partial charge in [-0.05, 0) is 38.5 Å². The van der Waals surface area contributed by atoms with Crippen LogP contribution >= 0.6 is 11.6 Å². The van der Waals surface area contributed by atoms with Crippen molar-refractivity contribution in [3.05, 3.63) is 28.7 Å². The molecule has 3 unspecified atom stereocenters. The van der Waals surface area contributed by atoms with Gasteiger partial charge in [0.1, 0.15) is 6.29 Å². The molecule has 2 aromatic rings. The van der Waals surface area contributed by atoms with E-state index in [0.29, 0.717) is 19.5 Å². The van der Waals surface area contributed by atoms with Crippen LogP contribution in [0.3, 0.4) is 0 Å². The number of aryl methyl sites for hydroxylation is 2. The van der Waals surface area contributed by atoms with E-state index in [0.717, 1.165) is 16.7 Å². The van der Waals surface area contributed by atoms with E-state index in [9.17, 15) is 18.7 Å². The topological polar surface area (TPSA) is 86.5 Å². The maximum Gasteiger partial charge on any atom is 0.328 e. The predicted molar refractivity (Wildman–Crippen MR) is 117 cm³/mol. The van der Waals surface area contributed by atoms with Gasteiger partial charge in [0.15, 0.2) is 0 Å². The number of fused-ring (bicyclic) bond motifs is 1. The van der Waals surface area contributed by atoms with Crippen LogP contribution in [0.2, 0.25) is 0 Å². The predicted octanol–water partition coefficient (Wildman–Crippen LogP) is 1.27. The van der Waals surface area contributed by atoms with Gasteiger partial charge >= 0.3 is 5.69 Å². The molecule has 8 nitrogen and oxygen atoms in total. The van der Waals surface area contributed by atoms with Gasteiger partial charge in [-0.15, -0.1) is 11.6 Å². The fourth-order valence-electron chi connectivity index (χ4n) is 4.05. The van der Waals surface area contributed by atoms with E-state index in [4.69, 9.17) is 11.6 Å². The summed E-state index contributed by atoms with van der Waals surface area (Å²) in [6.07, 6.45) is -0.303. The van der Waals surface area contributed by atoms with Crippen molar-refractivity contribution in [2.24, 2.45) is 7.05 Å². The summed E-state index contributed by atoms with van der Waals surface area (Å²) in [6, 6.07) is 5.60. The van der Waals surface area contributed by atoms with Crippen molar-refractivity contribution in [2.45, 2.75) is 56.2 Å². The molecule has 3 heterocycles. The molecule has 2 aliphatic rings. The van der Waals surface area contributed by atoms with Crippen LogP contribution in [0.25, 0.3) is 11.0 Å². The molecule has 4 rings (SSSR count). The van der Waals surface area contributed by atoms with Crippen LogP contribution in [0.1, 0.15) is 20.3 Å². The molecule has 172 valence electrons. The fourth-order valence-corrected chi connectivity index (χ4v) is 4.28. The second-order valence-electron chi connectivity index (χ2n) is 9.14. The number of rotatable bonds is 6. The maximum absolute atomic E-state index is 13.2. The highest BCUT2D eigenvalue weighted by molar-refractivity contribution is 6.21. The lowest BCUT2D eigenvalue weighted by molar-refractivity contribution is -0.158. The van der Waals surface area contributed by atoms with Crippen molar-refractivity contribution in [2.75, 3.05) is 25.0 Å². The summed E-state index contributed by atoms with van der Waals surface area (Å²) in [6.45, 7) is 3.69. The Morgan fingerprint density at radius 2 is 2.03 bits per heavy atom. The van der Waals surface area contributed by atoms with E-state index in [1.165, 1.54) is 0 Å². The quantitative estimate of drug-likeness (QED) is 0.488. The van der Waals surface area contributed by atoms with Crippen LogP contribution in [0.4, 0.5) is 14.5 Å². The Balaban J connectivity index is 1.53. The minimum atomic E-state index is -2.64. The number of hydrogen-bond donors (Lipinski definition) is 4. The smallest absolute Gasteiger partial charge is 0.328 e. The molecule has 0 aliphatic carbocycles. The molecule has 3 atom stereocenters. The average Bonchev–Trinajstić information content (AvgIpc) is 2.89. The van der Waals surface area contributed by atoms with Gasteiger partial charge in [-0.25, -0.2) is 13.6 Å². The molecule has 2 saturated heterocycles. The maximum atomic E-state index is 13.2. The molecule has 1 aromatic heterocycles. The van der Waals surface area contributed by atoms with Gasteiger partial charge in [-0.3, -0.25) is 24.7 Å². The summed E-state index contributed by atoms with van der Waals surface area (Å²) in [7, 11) is 1.72. The molecule has 4 N–H and O–H groups in total. The van der Waals surface area contributed by atoms with Crippen LogP contribution in [-0.2, 0) is 13.6 Å². The van der Waals surface area contributed by atoms with Gasteiger partial charge < -0.3 is 10.4 Å². The third-order valence-electron chi connectivity index (χ3n) is 5.85. The molecule has 1 aromatic carbocycles. The highest BCUT2D eigenvalue weighted by Gasteiger charge is 2.48. The van der Waals surface area contributed by atoms with Crippen LogP contribution in [0, 0.1) is 0 Å². The molecule has 0 saturated carbocycles. The van der Waals surface area contributed by atoms with Gasteiger partial charge in [-0.1, -0.05) is 0 Å². The average molecular weight is 459 g/mol. The Labute approximate surface area is 184 Å². The van der Waals surface area contributed by atoms with Crippen molar-refractivity contribution < 1.29 is 13.9 Å². The Morgan fingerprint density at radius 3 is 2.68 bits per heavy atom. The molecule has 0 spiro atoms. The summed E-state index contributed by atoms with van der Waals surface area (Å²) < 4.78 is 29.7. The van der Waals surface area contributed by atoms with E-state index < -0.39 is 17.8 Å².